The highest BCUT2D eigenvalue weighted by molar-refractivity contribution is 5.85. The van der Waals surface area contributed by atoms with Crippen LogP contribution < -0.4 is 16.8 Å². The number of carbonyl (C=O) groups excluding carboxylic acids is 2. The van der Waals surface area contributed by atoms with E-state index in [9.17, 15) is 9.59 Å². The first kappa shape index (κ1) is 16.4. The fourth-order valence-corrected chi connectivity index (χ4v) is 1.40. The van der Waals surface area contributed by atoms with Crippen molar-refractivity contribution in [3.63, 3.8) is 0 Å². The van der Waals surface area contributed by atoms with Crippen LogP contribution in [0.1, 0.15) is 12.0 Å². The third kappa shape index (κ3) is 6.22. The molecule has 1 aromatic rings. The lowest BCUT2D eigenvalue weighted by Gasteiger charge is -2.11. The summed E-state index contributed by atoms with van der Waals surface area (Å²) >= 11 is 0. The Morgan fingerprint density at radius 1 is 1.22 bits per heavy atom. The number of nitrogens with two attached hydrogens (primary N) is 2. The van der Waals surface area contributed by atoms with E-state index in [0.29, 0.717) is 6.42 Å². The standard InChI is InChI=1S/C12H17N3O2.ClH/c13-10(8-9-4-2-1-3-5-9)12(17)15-7-6-11(14)16;/h1-5,10H,6-8,13H2,(H2,14,16)(H,15,17);1H. The lowest BCUT2D eigenvalue weighted by Crippen LogP contribution is -2.42. The fourth-order valence-electron chi connectivity index (χ4n) is 1.40. The number of amides is 2. The van der Waals surface area contributed by atoms with Gasteiger partial charge in [-0.1, -0.05) is 30.3 Å². The van der Waals surface area contributed by atoms with Gasteiger partial charge < -0.3 is 16.8 Å². The number of nitrogens with one attached hydrogen (secondary N) is 1. The molecule has 0 aliphatic heterocycles. The van der Waals surface area contributed by atoms with E-state index in [1.807, 2.05) is 30.3 Å². The largest absolute Gasteiger partial charge is 0.370 e. The minimum Gasteiger partial charge on any atom is -0.370 e. The Kier molecular flexibility index (Phi) is 7.74. The summed E-state index contributed by atoms with van der Waals surface area (Å²) in [4.78, 5) is 22.0. The first-order valence-electron chi connectivity index (χ1n) is 5.45. The molecule has 1 rings (SSSR count). The molecule has 0 heterocycles. The Morgan fingerprint density at radius 2 is 1.83 bits per heavy atom. The molecule has 100 valence electrons. The van der Waals surface area contributed by atoms with Crippen LogP contribution >= 0.6 is 12.4 Å². The molecule has 1 unspecified atom stereocenters. The van der Waals surface area contributed by atoms with E-state index >= 15 is 0 Å². The van der Waals surface area contributed by atoms with Crippen molar-refractivity contribution in [2.45, 2.75) is 18.9 Å². The number of benzene rings is 1. The maximum Gasteiger partial charge on any atom is 0.237 e. The maximum atomic E-state index is 11.5. The van der Waals surface area contributed by atoms with Gasteiger partial charge in [0, 0.05) is 13.0 Å². The second-order valence-electron chi connectivity index (χ2n) is 3.80. The zero-order valence-corrected chi connectivity index (χ0v) is 10.8. The zero-order chi connectivity index (χ0) is 12.7. The summed E-state index contributed by atoms with van der Waals surface area (Å²) in [6, 6.07) is 8.92. The van der Waals surface area contributed by atoms with Gasteiger partial charge in [-0.05, 0) is 12.0 Å². The molecule has 1 aromatic carbocycles. The smallest absolute Gasteiger partial charge is 0.237 e. The average Bonchev–Trinajstić information content (AvgIpc) is 2.29. The molecule has 0 aliphatic rings. The van der Waals surface area contributed by atoms with Crippen LogP contribution in [-0.2, 0) is 16.0 Å². The summed E-state index contributed by atoms with van der Waals surface area (Å²) in [5.41, 5.74) is 11.7. The van der Waals surface area contributed by atoms with Crippen LogP contribution in [0.15, 0.2) is 30.3 Å². The topological polar surface area (TPSA) is 98.2 Å². The van der Waals surface area contributed by atoms with Gasteiger partial charge in [-0.15, -0.1) is 12.4 Å². The molecule has 2 amide bonds. The Morgan fingerprint density at radius 3 is 2.39 bits per heavy atom. The zero-order valence-electron chi connectivity index (χ0n) is 9.96. The molecule has 0 bridgehead atoms. The monoisotopic (exact) mass is 271 g/mol. The van der Waals surface area contributed by atoms with E-state index in [2.05, 4.69) is 5.32 Å². The number of primary amides is 1. The van der Waals surface area contributed by atoms with Gasteiger partial charge in [0.15, 0.2) is 0 Å². The SMILES string of the molecule is Cl.NC(=O)CCNC(=O)C(N)Cc1ccccc1. The highest BCUT2D eigenvalue weighted by Gasteiger charge is 2.13. The second-order valence-corrected chi connectivity index (χ2v) is 3.80. The Bertz CT molecular complexity index is 384. The number of hydrogen-bond acceptors (Lipinski definition) is 3. The van der Waals surface area contributed by atoms with Crippen molar-refractivity contribution in [3.05, 3.63) is 35.9 Å². The van der Waals surface area contributed by atoms with Gasteiger partial charge in [0.25, 0.3) is 0 Å². The number of hydrogen-bond donors (Lipinski definition) is 3. The van der Waals surface area contributed by atoms with Crippen molar-refractivity contribution in [2.24, 2.45) is 11.5 Å². The van der Waals surface area contributed by atoms with Crippen LogP contribution in [0.3, 0.4) is 0 Å². The lowest BCUT2D eigenvalue weighted by atomic mass is 10.1. The maximum absolute atomic E-state index is 11.5. The molecular weight excluding hydrogens is 254 g/mol. The van der Waals surface area contributed by atoms with E-state index in [1.54, 1.807) is 0 Å². The van der Waals surface area contributed by atoms with Gasteiger partial charge >= 0.3 is 0 Å². The summed E-state index contributed by atoms with van der Waals surface area (Å²) in [5, 5.41) is 2.57. The number of halogens is 1. The average molecular weight is 272 g/mol. The highest BCUT2D eigenvalue weighted by Crippen LogP contribution is 2.01. The molecule has 0 radical (unpaired) electrons. The predicted octanol–water partition coefficient (Wildman–Crippen LogP) is -0.0302. The summed E-state index contributed by atoms with van der Waals surface area (Å²) in [6.45, 7) is 0.233. The molecule has 0 saturated heterocycles. The molecule has 18 heavy (non-hydrogen) atoms. The van der Waals surface area contributed by atoms with Crippen LogP contribution in [0.2, 0.25) is 0 Å². The van der Waals surface area contributed by atoms with Gasteiger partial charge in [0.05, 0.1) is 6.04 Å². The van der Waals surface area contributed by atoms with E-state index in [0.717, 1.165) is 5.56 Å². The van der Waals surface area contributed by atoms with Crippen molar-refractivity contribution in [1.82, 2.24) is 5.32 Å². The quantitative estimate of drug-likeness (QED) is 0.678. The molecule has 0 aromatic heterocycles. The number of carbonyl (C=O) groups is 2. The lowest BCUT2D eigenvalue weighted by molar-refractivity contribution is -0.122. The van der Waals surface area contributed by atoms with Crippen molar-refractivity contribution in [3.8, 4) is 0 Å². The predicted molar refractivity (Wildman–Crippen MR) is 72.2 cm³/mol. The van der Waals surface area contributed by atoms with Crippen molar-refractivity contribution < 1.29 is 9.59 Å². The molecule has 5 N–H and O–H groups in total. The van der Waals surface area contributed by atoms with Crippen LogP contribution in [-0.4, -0.2) is 24.4 Å². The van der Waals surface area contributed by atoms with Crippen molar-refractivity contribution >= 4 is 24.2 Å². The van der Waals surface area contributed by atoms with Crippen LogP contribution in [0.25, 0.3) is 0 Å². The molecule has 5 nitrogen and oxygen atoms in total. The van der Waals surface area contributed by atoms with Gasteiger partial charge in [0.2, 0.25) is 11.8 Å². The highest BCUT2D eigenvalue weighted by atomic mass is 35.5. The fraction of sp³-hybridized carbons (Fsp3) is 0.333. The minimum absolute atomic E-state index is 0. The molecule has 6 heteroatoms. The Hall–Kier alpha value is -1.59. The van der Waals surface area contributed by atoms with Gasteiger partial charge in [0.1, 0.15) is 0 Å². The van der Waals surface area contributed by atoms with Crippen molar-refractivity contribution in [1.29, 1.82) is 0 Å². The van der Waals surface area contributed by atoms with Gasteiger partial charge in [-0.3, -0.25) is 9.59 Å². The Balaban J connectivity index is 0.00000289. The van der Waals surface area contributed by atoms with E-state index in [4.69, 9.17) is 11.5 Å². The Labute approximate surface area is 112 Å². The van der Waals surface area contributed by atoms with E-state index in [-0.39, 0.29) is 31.3 Å². The normalized spacial score (nSPS) is 11.2. The molecule has 0 saturated carbocycles. The van der Waals surface area contributed by atoms with Crippen LogP contribution in [0, 0.1) is 0 Å². The third-order valence-electron chi connectivity index (χ3n) is 2.31. The first-order valence-corrected chi connectivity index (χ1v) is 5.45. The number of rotatable bonds is 6. The minimum atomic E-state index is -0.606. The van der Waals surface area contributed by atoms with Gasteiger partial charge in [-0.2, -0.15) is 0 Å². The van der Waals surface area contributed by atoms with Crippen LogP contribution in [0.5, 0.6) is 0 Å². The molecule has 0 aliphatic carbocycles. The second kappa shape index (κ2) is 8.49. The molecule has 1 atom stereocenters. The molecular formula is C12H18ClN3O2. The molecule has 0 spiro atoms. The first-order chi connectivity index (χ1) is 8.09. The van der Waals surface area contributed by atoms with E-state index in [1.165, 1.54) is 0 Å². The van der Waals surface area contributed by atoms with Crippen molar-refractivity contribution in [2.75, 3.05) is 6.54 Å². The van der Waals surface area contributed by atoms with Crippen LogP contribution in [0.4, 0.5) is 0 Å². The molecule has 0 fully saturated rings. The summed E-state index contributed by atoms with van der Waals surface area (Å²) < 4.78 is 0. The summed E-state index contributed by atoms with van der Waals surface area (Å²) in [6.07, 6.45) is 0.604. The van der Waals surface area contributed by atoms with E-state index < -0.39 is 11.9 Å². The van der Waals surface area contributed by atoms with Gasteiger partial charge in [-0.25, -0.2) is 0 Å². The summed E-state index contributed by atoms with van der Waals surface area (Å²) in [5.74, 6) is -0.711. The third-order valence-corrected chi connectivity index (χ3v) is 2.31. The summed E-state index contributed by atoms with van der Waals surface area (Å²) in [7, 11) is 0.